The van der Waals surface area contributed by atoms with Crippen molar-refractivity contribution >= 4 is 5.91 Å². The van der Waals surface area contributed by atoms with Gasteiger partial charge in [-0.1, -0.05) is 6.42 Å². The molecule has 0 aliphatic carbocycles. The minimum Gasteiger partial charge on any atom is -0.301 e. The Morgan fingerprint density at radius 3 is 2.83 bits per heavy atom. The van der Waals surface area contributed by atoms with Gasteiger partial charge >= 0.3 is 0 Å². The number of nitrogens with zero attached hydrogens (tertiary/aromatic N) is 2. The molecule has 0 radical (unpaired) electrons. The van der Waals surface area contributed by atoms with E-state index in [1.807, 2.05) is 11.9 Å². The van der Waals surface area contributed by atoms with Crippen molar-refractivity contribution in [2.75, 3.05) is 13.6 Å². The van der Waals surface area contributed by atoms with Crippen LogP contribution in [0.5, 0.6) is 0 Å². The molecule has 0 aromatic carbocycles. The van der Waals surface area contributed by atoms with Gasteiger partial charge in [-0.25, -0.2) is 0 Å². The molecule has 2 aliphatic heterocycles. The summed E-state index contributed by atoms with van der Waals surface area (Å²) < 4.78 is 0. The molecule has 2 rings (SSSR count). The summed E-state index contributed by atoms with van der Waals surface area (Å²) in [5.74, 6) is 0.238. The molecule has 0 aromatic heterocycles. The molecular formula is C8H14N2O2. The van der Waals surface area contributed by atoms with Gasteiger partial charge in [-0.05, 0) is 12.8 Å². The predicted molar refractivity (Wildman–Crippen MR) is 42.8 cm³/mol. The summed E-state index contributed by atoms with van der Waals surface area (Å²) >= 11 is 0. The zero-order valence-corrected chi connectivity index (χ0v) is 7.32. The highest BCUT2D eigenvalue weighted by molar-refractivity contribution is 5.76. The lowest BCUT2D eigenvalue weighted by Crippen LogP contribution is -2.34. The Hall–Kier alpha value is -0.610. The first-order valence-corrected chi connectivity index (χ1v) is 4.48. The second-order valence-corrected chi connectivity index (χ2v) is 3.38. The first-order chi connectivity index (χ1) is 5.79. The van der Waals surface area contributed by atoms with E-state index in [0.717, 1.165) is 19.4 Å². The van der Waals surface area contributed by atoms with E-state index >= 15 is 0 Å². The van der Waals surface area contributed by atoms with Crippen molar-refractivity contribution in [1.82, 2.24) is 9.96 Å². The third-order valence-electron chi connectivity index (χ3n) is 2.40. The van der Waals surface area contributed by atoms with Crippen molar-refractivity contribution in [2.24, 2.45) is 0 Å². The first-order valence-electron chi connectivity index (χ1n) is 4.48. The van der Waals surface area contributed by atoms with Crippen molar-refractivity contribution in [1.29, 1.82) is 0 Å². The Morgan fingerprint density at radius 1 is 1.42 bits per heavy atom. The van der Waals surface area contributed by atoms with Gasteiger partial charge in [-0.15, -0.1) is 5.06 Å². The summed E-state index contributed by atoms with van der Waals surface area (Å²) in [6.07, 6.45) is 3.94. The Morgan fingerprint density at radius 2 is 2.17 bits per heavy atom. The highest BCUT2D eigenvalue weighted by Gasteiger charge is 2.40. The van der Waals surface area contributed by atoms with Crippen LogP contribution in [0, 0.1) is 0 Å². The molecule has 0 N–H and O–H groups in total. The summed E-state index contributed by atoms with van der Waals surface area (Å²) in [6.45, 7) is 0.855. The largest absolute Gasteiger partial charge is 0.301 e. The Kier molecular flexibility index (Phi) is 2.02. The molecule has 68 valence electrons. The van der Waals surface area contributed by atoms with Gasteiger partial charge in [0.25, 0.3) is 0 Å². The van der Waals surface area contributed by atoms with Crippen LogP contribution >= 0.6 is 0 Å². The van der Waals surface area contributed by atoms with Crippen LogP contribution in [0.2, 0.25) is 0 Å². The van der Waals surface area contributed by atoms with Crippen LogP contribution < -0.4 is 0 Å². The molecule has 2 atom stereocenters. The molecule has 12 heavy (non-hydrogen) atoms. The SMILES string of the molecule is CN1OC1N1CCCCCC1=O. The van der Waals surface area contributed by atoms with E-state index in [0.29, 0.717) is 6.42 Å². The Balaban J connectivity index is 1.96. The minimum absolute atomic E-state index is 0.0596. The highest BCUT2D eigenvalue weighted by atomic mass is 16.9. The van der Waals surface area contributed by atoms with E-state index in [9.17, 15) is 4.79 Å². The van der Waals surface area contributed by atoms with Gasteiger partial charge in [-0.3, -0.25) is 9.63 Å². The van der Waals surface area contributed by atoms with E-state index in [-0.39, 0.29) is 12.3 Å². The second kappa shape index (κ2) is 3.03. The van der Waals surface area contributed by atoms with Crippen molar-refractivity contribution in [3.05, 3.63) is 0 Å². The summed E-state index contributed by atoms with van der Waals surface area (Å²) in [6, 6.07) is 0. The van der Waals surface area contributed by atoms with Gasteiger partial charge in [0.1, 0.15) is 0 Å². The van der Waals surface area contributed by atoms with Crippen LogP contribution in [-0.2, 0) is 9.63 Å². The number of likely N-dealkylation sites (tertiary alicyclic amines) is 1. The molecule has 1 amide bonds. The molecule has 0 aromatic rings. The quantitative estimate of drug-likeness (QED) is 0.539. The van der Waals surface area contributed by atoms with Crippen LogP contribution in [0.4, 0.5) is 0 Å². The summed E-state index contributed by atoms with van der Waals surface area (Å²) in [5, 5.41) is 1.71. The molecule has 4 heteroatoms. The number of hydrogen-bond acceptors (Lipinski definition) is 3. The van der Waals surface area contributed by atoms with E-state index in [2.05, 4.69) is 0 Å². The minimum atomic E-state index is -0.0596. The van der Waals surface area contributed by atoms with Gasteiger partial charge in [0.2, 0.25) is 12.3 Å². The van der Waals surface area contributed by atoms with Crippen molar-refractivity contribution in [3.63, 3.8) is 0 Å². The monoisotopic (exact) mass is 170 g/mol. The highest BCUT2D eigenvalue weighted by Crippen LogP contribution is 2.24. The molecule has 4 nitrogen and oxygen atoms in total. The van der Waals surface area contributed by atoms with E-state index in [1.54, 1.807) is 5.06 Å². The number of carbonyl (C=O) groups is 1. The fraction of sp³-hybridized carbons (Fsp3) is 0.875. The summed E-state index contributed by atoms with van der Waals surface area (Å²) in [4.78, 5) is 18.4. The van der Waals surface area contributed by atoms with E-state index in [1.165, 1.54) is 6.42 Å². The third-order valence-corrected chi connectivity index (χ3v) is 2.40. The van der Waals surface area contributed by atoms with Crippen LogP contribution in [0.15, 0.2) is 0 Å². The molecule has 0 bridgehead atoms. The summed E-state index contributed by atoms with van der Waals surface area (Å²) in [7, 11) is 1.85. The molecule has 2 aliphatic rings. The number of carbonyl (C=O) groups excluding carboxylic acids is 1. The maximum absolute atomic E-state index is 11.5. The first kappa shape index (κ1) is 8.01. The Labute approximate surface area is 72.0 Å². The summed E-state index contributed by atoms with van der Waals surface area (Å²) in [5.41, 5.74) is 0. The topological polar surface area (TPSA) is 35.9 Å². The molecular weight excluding hydrogens is 156 g/mol. The molecule has 2 heterocycles. The van der Waals surface area contributed by atoms with Crippen LogP contribution in [0.3, 0.4) is 0 Å². The zero-order chi connectivity index (χ0) is 8.55. The van der Waals surface area contributed by atoms with Crippen molar-refractivity contribution in [3.8, 4) is 0 Å². The lowest BCUT2D eigenvalue weighted by molar-refractivity contribution is -0.132. The molecule has 2 saturated heterocycles. The smallest absolute Gasteiger partial charge is 0.232 e. The predicted octanol–water partition coefficient (Wildman–Crippen LogP) is 0.550. The van der Waals surface area contributed by atoms with Gasteiger partial charge in [0.05, 0.1) is 0 Å². The zero-order valence-electron chi connectivity index (χ0n) is 7.32. The number of amides is 1. The molecule has 0 spiro atoms. The van der Waals surface area contributed by atoms with Gasteiger partial charge in [0.15, 0.2) is 0 Å². The number of hydrogen-bond donors (Lipinski definition) is 0. The van der Waals surface area contributed by atoms with Crippen molar-refractivity contribution in [2.45, 2.75) is 32.0 Å². The fourth-order valence-corrected chi connectivity index (χ4v) is 1.61. The molecule has 2 unspecified atom stereocenters. The van der Waals surface area contributed by atoms with Gasteiger partial charge < -0.3 is 4.90 Å². The maximum atomic E-state index is 11.5. The average Bonchev–Trinajstić information content (AvgIpc) is 2.75. The van der Waals surface area contributed by atoms with Crippen molar-refractivity contribution < 1.29 is 9.63 Å². The van der Waals surface area contributed by atoms with Crippen LogP contribution in [0.1, 0.15) is 25.7 Å². The van der Waals surface area contributed by atoms with Gasteiger partial charge in [-0.2, -0.15) is 0 Å². The van der Waals surface area contributed by atoms with Gasteiger partial charge in [0, 0.05) is 20.0 Å². The standard InChI is InChI=1S/C8H14N2O2/c1-9-8(12-9)10-6-4-2-3-5-7(10)11/h8H,2-6H2,1H3. The third kappa shape index (κ3) is 1.44. The molecule has 0 saturated carbocycles. The van der Waals surface area contributed by atoms with Crippen LogP contribution in [0.25, 0.3) is 0 Å². The van der Waals surface area contributed by atoms with Crippen LogP contribution in [-0.4, -0.2) is 35.8 Å². The molecule has 2 fully saturated rings. The lowest BCUT2D eigenvalue weighted by atomic mass is 10.2. The van der Waals surface area contributed by atoms with E-state index in [4.69, 9.17) is 4.84 Å². The van der Waals surface area contributed by atoms with E-state index < -0.39 is 0 Å². The second-order valence-electron chi connectivity index (χ2n) is 3.38. The fourth-order valence-electron chi connectivity index (χ4n) is 1.61. The maximum Gasteiger partial charge on any atom is 0.232 e. The number of hydroxylamine groups is 2. The normalized spacial score (nSPS) is 36.4. The Bertz CT molecular complexity index is 195. The number of rotatable bonds is 1. The lowest BCUT2D eigenvalue weighted by Gasteiger charge is -2.16. The average molecular weight is 170 g/mol.